The molecule has 0 fully saturated rings. The zero-order valence-electron chi connectivity index (χ0n) is 59.3. The van der Waals surface area contributed by atoms with E-state index in [0.29, 0.717) is 39.6 Å². The maximum atomic E-state index is 12.9. The highest BCUT2D eigenvalue weighted by Gasteiger charge is 2.20. The van der Waals surface area contributed by atoms with E-state index in [9.17, 15) is 19.2 Å². The molecule has 0 N–H and O–H groups in total. The summed E-state index contributed by atoms with van der Waals surface area (Å²) in [6.07, 6.45) is 70.0. The summed E-state index contributed by atoms with van der Waals surface area (Å²) in [4.78, 5) is 51.4. The normalized spacial score (nSPS) is 11.6. The Hall–Kier alpha value is 0.0600. The number of carbonyl (C=O) groups excluding carboxylic acids is 4. The topological polar surface area (TPSA) is 124 Å². The Balaban J connectivity index is 4.94. The van der Waals surface area contributed by atoms with E-state index in [2.05, 4.69) is 27.7 Å². The molecule has 0 aliphatic carbocycles. The van der Waals surface area contributed by atoms with Crippen molar-refractivity contribution in [2.24, 2.45) is 0 Å². The van der Waals surface area contributed by atoms with Crippen LogP contribution in [0.3, 0.4) is 0 Å². The van der Waals surface area contributed by atoms with Crippen LogP contribution in [-0.4, -0.2) is 86.5 Å². The van der Waals surface area contributed by atoms with Gasteiger partial charge in [-0.2, -0.15) is 0 Å². The van der Waals surface area contributed by atoms with Crippen LogP contribution in [-0.2, 0) is 47.2 Å². The molecule has 0 heterocycles. The van der Waals surface area contributed by atoms with Gasteiger partial charge in [0.05, 0.1) is 62.7 Å². The summed E-state index contributed by atoms with van der Waals surface area (Å²) in [7, 11) is 0. The first-order chi connectivity index (χ1) is 44.4. The van der Waals surface area contributed by atoms with E-state index in [-0.39, 0.29) is 46.9 Å². The molecule has 0 bridgehead atoms. The lowest BCUT2D eigenvalue weighted by atomic mass is 10.0. The van der Waals surface area contributed by atoms with Crippen LogP contribution in [0.25, 0.3) is 0 Å². The van der Waals surface area contributed by atoms with Crippen molar-refractivity contribution in [2.45, 2.75) is 387 Å². The molecule has 0 saturated heterocycles. The second-order valence-electron chi connectivity index (χ2n) is 25.5. The van der Waals surface area contributed by atoms with Gasteiger partial charge in [-0.05, 0) is 38.5 Å². The van der Waals surface area contributed by atoms with E-state index in [0.717, 1.165) is 77.0 Å². The van der Waals surface area contributed by atoms with Crippen molar-refractivity contribution in [3.63, 3.8) is 0 Å². The number of hydrogen-bond acceptors (Lipinski definition) is 14. The molecule has 0 unspecified atom stereocenters. The van der Waals surface area contributed by atoms with Crippen molar-refractivity contribution < 1.29 is 47.2 Å². The Bertz CT molecular complexity index is 1290. The molecule has 0 rings (SSSR count). The van der Waals surface area contributed by atoms with E-state index < -0.39 is 13.1 Å². The average molecular weight is 1380 g/mol. The molecule has 0 aliphatic rings. The van der Waals surface area contributed by atoms with Gasteiger partial charge in [0.25, 0.3) is 0 Å². The average Bonchev–Trinajstić information content (AvgIpc) is 3.67. The first-order valence-corrected chi connectivity index (χ1v) is 47.2. The molecule has 0 amide bonds. The minimum absolute atomic E-state index is 0.204. The fourth-order valence-corrected chi connectivity index (χ4v) is 21.1. The lowest BCUT2D eigenvalue weighted by Gasteiger charge is -2.16. The minimum Gasteiger partial charge on any atom is -0.465 e. The molecule has 0 atom stereocenters. The largest absolute Gasteiger partial charge is 0.465 e. The van der Waals surface area contributed by atoms with Gasteiger partial charge >= 0.3 is 23.9 Å². The Kier molecular flexibility index (Phi) is 78.1. The first kappa shape index (κ1) is 90.1. The van der Waals surface area contributed by atoms with E-state index in [1.165, 1.54) is 328 Å². The maximum Gasteiger partial charge on any atom is 0.316 e. The van der Waals surface area contributed by atoms with Crippen LogP contribution >= 0.6 is 58.6 Å². The summed E-state index contributed by atoms with van der Waals surface area (Å²) in [6, 6.07) is 0. The Morgan fingerprint density at radius 1 is 0.200 bits per heavy atom. The molecule has 0 aromatic rings. The monoisotopic (exact) mass is 1380 g/mol. The van der Waals surface area contributed by atoms with Gasteiger partial charge in [0.1, 0.15) is 0 Å². The number of rotatable bonds is 77. The van der Waals surface area contributed by atoms with Gasteiger partial charge in [-0.15, -0.1) is 0 Å². The smallest absolute Gasteiger partial charge is 0.316 e. The SMILES string of the molecule is CCCCCCCCCCCCCCCOC(=O)CSP(OCCCCCCOP(SCC(=O)OCCCCCCCCCCCCCCC)SCC(=O)OCCCCCCCCCCCCCCC)SCC(=O)OCCCCCCCCCCCCCCC. The molecule has 0 radical (unpaired) electrons. The van der Waals surface area contributed by atoms with Crippen LogP contribution in [0, 0.1) is 0 Å². The predicted molar refractivity (Wildman–Crippen MR) is 401 cm³/mol. The summed E-state index contributed by atoms with van der Waals surface area (Å²) in [5.41, 5.74) is 0. The van der Waals surface area contributed by atoms with Crippen molar-refractivity contribution in [2.75, 3.05) is 62.7 Å². The molecule has 0 saturated carbocycles. The van der Waals surface area contributed by atoms with Gasteiger partial charge in [0.2, 0.25) is 0 Å². The van der Waals surface area contributed by atoms with Gasteiger partial charge in [0.15, 0.2) is 13.1 Å². The fraction of sp³-hybridized carbons (Fsp3) is 0.946. The van der Waals surface area contributed by atoms with E-state index in [1.54, 1.807) is 0 Å². The van der Waals surface area contributed by atoms with Gasteiger partial charge in [-0.3, -0.25) is 19.2 Å². The second-order valence-corrected chi connectivity index (χ2v) is 37.5. The molecular formula is C74H144O10P2S4. The Labute approximate surface area is 575 Å². The Morgan fingerprint density at radius 3 is 0.489 bits per heavy atom. The molecule has 534 valence electrons. The zero-order valence-corrected chi connectivity index (χ0v) is 64.3. The highest BCUT2D eigenvalue weighted by atomic mass is 33.1. The van der Waals surface area contributed by atoms with Gasteiger partial charge < -0.3 is 28.0 Å². The van der Waals surface area contributed by atoms with Crippen molar-refractivity contribution >= 4 is 82.5 Å². The molecule has 10 nitrogen and oxygen atoms in total. The highest BCUT2D eigenvalue weighted by Crippen LogP contribution is 2.62. The van der Waals surface area contributed by atoms with Crippen molar-refractivity contribution in [1.29, 1.82) is 0 Å². The summed E-state index contributed by atoms with van der Waals surface area (Å²) >= 11 is 5.82. The quantitative estimate of drug-likeness (QED) is 0.0248. The molecule has 16 heteroatoms. The molecule has 0 spiro atoms. The van der Waals surface area contributed by atoms with Gasteiger partial charge in [0, 0.05) is 0 Å². The second kappa shape index (κ2) is 78.1. The van der Waals surface area contributed by atoms with E-state index >= 15 is 0 Å². The van der Waals surface area contributed by atoms with Crippen LogP contribution < -0.4 is 0 Å². The number of hydrogen-bond donors (Lipinski definition) is 0. The molecule has 90 heavy (non-hydrogen) atoms. The van der Waals surface area contributed by atoms with E-state index in [1.807, 2.05) is 0 Å². The number of carbonyl (C=O) groups is 4. The number of unbranched alkanes of at least 4 members (excludes halogenated alkanes) is 51. The lowest BCUT2D eigenvalue weighted by molar-refractivity contribution is -0.141. The summed E-state index contributed by atoms with van der Waals surface area (Å²) < 4.78 is 35.3. The van der Waals surface area contributed by atoms with Crippen LogP contribution in [0.2, 0.25) is 0 Å². The van der Waals surface area contributed by atoms with Crippen molar-refractivity contribution in [1.82, 2.24) is 0 Å². The third kappa shape index (κ3) is 73.9. The molecule has 0 aromatic carbocycles. The van der Waals surface area contributed by atoms with Crippen LogP contribution in [0.4, 0.5) is 0 Å². The van der Waals surface area contributed by atoms with Crippen LogP contribution in [0.5, 0.6) is 0 Å². The fourth-order valence-electron chi connectivity index (χ4n) is 10.9. The van der Waals surface area contributed by atoms with Gasteiger partial charge in [-0.1, -0.05) is 394 Å². The van der Waals surface area contributed by atoms with Crippen molar-refractivity contribution in [3.05, 3.63) is 0 Å². The van der Waals surface area contributed by atoms with Crippen LogP contribution in [0.1, 0.15) is 387 Å². The Morgan fingerprint density at radius 2 is 0.333 bits per heavy atom. The molecule has 0 aliphatic heterocycles. The lowest BCUT2D eigenvalue weighted by Crippen LogP contribution is -2.09. The van der Waals surface area contributed by atoms with Gasteiger partial charge in [-0.25, -0.2) is 0 Å². The standard InChI is InChI=1S/C74H144O10P2S4/c1-5-9-13-17-21-25-29-33-37-41-45-49-55-61-79-71(75)67-87-85(88-68-72(76)80-62-56-50-46-42-38-34-30-26-22-18-14-10-6-2)83-65-59-53-54-60-66-84-86(89-69-73(77)81-63-57-51-47-43-39-35-31-27-23-19-15-11-7-3)90-70-74(78)82-64-58-52-48-44-40-36-32-28-24-20-16-12-8-4/h5-70H2,1-4H3. The van der Waals surface area contributed by atoms with Crippen molar-refractivity contribution in [3.8, 4) is 0 Å². The summed E-state index contributed by atoms with van der Waals surface area (Å²) in [5.74, 6) is -0.0691. The third-order valence-corrected chi connectivity index (χ3v) is 28.9. The van der Waals surface area contributed by atoms with Crippen LogP contribution in [0.15, 0.2) is 0 Å². The third-order valence-electron chi connectivity index (χ3n) is 16.6. The molecular weight excluding hydrogens is 1240 g/mol. The highest BCUT2D eigenvalue weighted by molar-refractivity contribution is 8.87. The maximum absolute atomic E-state index is 12.9. The number of ether oxygens (including phenoxy) is 4. The predicted octanol–water partition coefficient (Wildman–Crippen LogP) is 26.5. The zero-order chi connectivity index (χ0) is 65.2. The molecule has 0 aromatic heterocycles. The number of esters is 4. The summed E-state index contributed by atoms with van der Waals surface area (Å²) in [6.45, 7) is 9.67. The van der Waals surface area contributed by atoms with E-state index in [4.69, 9.17) is 28.0 Å². The summed E-state index contributed by atoms with van der Waals surface area (Å²) in [5, 5.41) is 0. The minimum atomic E-state index is -1.15. The first-order valence-electron chi connectivity index (χ1n) is 38.4.